The molecule has 1 heterocycles. The van der Waals surface area contributed by atoms with Crippen LogP contribution in [0.2, 0.25) is 0 Å². The average molecular weight is 358 g/mol. The predicted octanol–water partition coefficient (Wildman–Crippen LogP) is 6.23. The molecular formula is C22H18N2OS. The van der Waals surface area contributed by atoms with E-state index in [1.165, 1.54) is 0 Å². The summed E-state index contributed by atoms with van der Waals surface area (Å²) in [5.41, 5.74) is 4.19. The van der Waals surface area contributed by atoms with E-state index in [2.05, 4.69) is 29.6 Å². The van der Waals surface area contributed by atoms with Gasteiger partial charge in [-0.2, -0.15) is 0 Å². The van der Waals surface area contributed by atoms with Gasteiger partial charge in [0, 0.05) is 16.8 Å². The van der Waals surface area contributed by atoms with Crippen molar-refractivity contribution in [2.24, 2.45) is 0 Å². The minimum atomic E-state index is 0.841. The highest BCUT2D eigenvalue weighted by Crippen LogP contribution is 2.39. The smallest absolute Gasteiger partial charge is 0.126 e. The van der Waals surface area contributed by atoms with Gasteiger partial charge in [-0.25, -0.2) is 4.98 Å². The zero-order valence-corrected chi connectivity index (χ0v) is 15.2. The van der Waals surface area contributed by atoms with Gasteiger partial charge < -0.3 is 10.1 Å². The minimum absolute atomic E-state index is 0.841. The molecule has 3 aromatic carbocycles. The van der Waals surface area contributed by atoms with Gasteiger partial charge >= 0.3 is 0 Å². The Kier molecular flexibility index (Phi) is 4.67. The molecule has 0 radical (unpaired) electrons. The summed E-state index contributed by atoms with van der Waals surface area (Å²) in [6, 6.07) is 28.4. The highest BCUT2D eigenvalue weighted by atomic mass is 32.1. The Morgan fingerprint density at radius 2 is 1.38 bits per heavy atom. The van der Waals surface area contributed by atoms with E-state index in [0.29, 0.717) is 0 Å². The maximum absolute atomic E-state index is 5.24. The van der Waals surface area contributed by atoms with Crippen LogP contribution in [0.25, 0.3) is 21.8 Å². The van der Waals surface area contributed by atoms with Crippen molar-refractivity contribution in [1.82, 2.24) is 4.98 Å². The molecular weight excluding hydrogens is 340 g/mol. The van der Waals surface area contributed by atoms with Crippen LogP contribution in [0.1, 0.15) is 0 Å². The Labute approximate surface area is 156 Å². The molecule has 26 heavy (non-hydrogen) atoms. The molecule has 4 aromatic rings. The fourth-order valence-electron chi connectivity index (χ4n) is 2.71. The van der Waals surface area contributed by atoms with Gasteiger partial charge in [0.2, 0.25) is 0 Å². The van der Waals surface area contributed by atoms with Crippen molar-refractivity contribution < 1.29 is 4.74 Å². The van der Waals surface area contributed by atoms with E-state index in [4.69, 9.17) is 9.72 Å². The maximum atomic E-state index is 5.24. The first kappa shape index (κ1) is 16.4. The summed E-state index contributed by atoms with van der Waals surface area (Å²) >= 11 is 1.66. The highest BCUT2D eigenvalue weighted by Gasteiger charge is 2.14. The van der Waals surface area contributed by atoms with E-state index in [9.17, 15) is 0 Å². The summed E-state index contributed by atoms with van der Waals surface area (Å²) in [6.45, 7) is 0. The van der Waals surface area contributed by atoms with Crippen LogP contribution in [0.5, 0.6) is 5.75 Å². The Balaban J connectivity index is 1.75. The third-order valence-electron chi connectivity index (χ3n) is 4.04. The minimum Gasteiger partial charge on any atom is -0.497 e. The molecule has 0 fully saturated rings. The number of anilines is 2. The largest absolute Gasteiger partial charge is 0.497 e. The average Bonchev–Trinajstić information content (AvgIpc) is 3.14. The fourth-order valence-corrected chi connectivity index (χ4v) is 3.72. The van der Waals surface area contributed by atoms with E-state index in [-0.39, 0.29) is 0 Å². The lowest BCUT2D eigenvalue weighted by Gasteiger charge is -2.07. The lowest BCUT2D eigenvalue weighted by molar-refractivity contribution is 0.415. The molecule has 0 aliphatic rings. The second-order valence-electron chi connectivity index (χ2n) is 5.78. The van der Waals surface area contributed by atoms with Gasteiger partial charge in [0.25, 0.3) is 0 Å². The van der Waals surface area contributed by atoms with Crippen molar-refractivity contribution in [3.63, 3.8) is 0 Å². The van der Waals surface area contributed by atoms with Gasteiger partial charge in [-0.3, -0.25) is 0 Å². The predicted molar refractivity (Wildman–Crippen MR) is 109 cm³/mol. The number of ether oxygens (including phenoxy) is 1. The first-order valence-electron chi connectivity index (χ1n) is 8.36. The summed E-state index contributed by atoms with van der Waals surface area (Å²) in [5.74, 6) is 0.841. The zero-order valence-electron chi connectivity index (χ0n) is 14.3. The first-order valence-corrected chi connectivity index (χ1v) is 9.18. The first-order chi connectivity index (χ1) is 12.8. The van der Waals surface area contributed by atoms with Crippen molar-refractivity contribution in [2.75, 3.05) is 12.4 Å². The van der Waals surface area contributed by atoms with E-state index < -0.39 is 0 Å². The Hall–Kier alpha value is -3.11. The SMILES string of the molecule is COc1ccc(Nc2sc(-c3ccccc3)nc2-c2ccccc2)cc1. The van der Waals surface area contributed by atoms with Gasteiger partial charge in [0.1, 0.15) is 21.5 Å². The standard InChI is InChI=1S/C22H18N2OS/c1-25-19-14-12-18(13-15-19)23-22-20(16-8-4-2-5-9-16)24-21(26-22)17-10-6-3-7-11-17/h2-15,23H,1H3. The number of hydrogen-bond donors (Lipinski definition) is 1. The van der Waals surface area contributed by atoms with Crippen LogP contribution >= 0.6 is 11.3 Å². The summed E-state index contributed by atoms with van der Waals surface area (Å²) < 4.78 is 5.24. The lowest BCUT2D eigenvalue weighted by Crippen LogP contribution is -1.91. The third-order valence-corrected chi connectivity index (χ3v) is 5.06. The molecule has 0 aliphatic heterocycles. The monoisotopic (exact) mass is 358 g/mol. The van der Waals surface area contributed by atoms with E-state index in [0.717, 1.165) is 38.3 Å². The number of aromatic nitrogens is 1. The molecule has 4 heteroatoms. The van der Waals surface area contributed by atoms with Crippen LogP contribution in [0, 0.1) is 0 Å². The van der Waals surface area contributed by atoms with E-state index >= 15 is 0 Å². The summed E-state index contributed by atoms with van der Waals surface area (Å²) in [6.07, 6.45) is 0. The molecule has 0 bridgehead atoms. The molecule has 0 atom stereocenters. The fraction of sp³-hybridized carbons (Fsp3) is 0.0455. The number of benzene rings is 3. The van der Waals surface area contributed by atoms with Crippen molar-refractivity contribution in [3.05, 3.63) is 84.9 Å². The van der Waals surface area contributed by atoms with Crippen LogP contribution in [0.15, 0.2) is 84.9 Å². The third kappa shape index (κ3) is 3.46. The molecule has 1 aromatic heterocycles. The Morgan fingerprint density at radius 1 is 0.769 bits per heavy atom. The molecule has 0 unspecified atom stereocenters. The Bertz CT molecular complexity index is 980. The van der Waals surface area contributed by atoms with Crippen LogP contribution in [-0.2, 0) is 0 Å². The molecule has 4 rings (SSSR count). The maximum Gasteiger partial charge on any atom is 0.126 e. The highest BCUT2D eigenvalue weighted by molar-refractivity contribution is 7.19. The normalized spacial score (nSPS) is 10.5. The summed E-state index contributed by atoms with van der Waals surface area (Å²) in [4.78, 5) is 4.91. The number of nitrogens with zero attached hydrogens (tertiary/aromatic N) is 1. The topological polar surface area (TPSA) is 34.1 Å². The quantitative estimate of drug-likeness (QED) is 0.459. The van der Waals surface area contributed by atoms with Crippen LogP contribution in [0.4, 0.5) is 10.7 Å². The van der Waals surface area contributed by atoms with E-state index in [1.54, 1.807) is 18.4 Å². The van der Waals surface area contributed by atoms with Crippen molar-refractivity contribution in [3.8, 4) is 27.6 Å². The second kappa shape index (κ2) is 7.42. The van der Waals surface area contributed by atoms with Gasteiger partial charge in [0.05, 0.1) is 7.11 Å². The second-order valence-corrected chi connectivity index (χ2v) is 6.78. The van der Waals surface area contributed by atoms with Crippen LogP contribution in [-0.4, -0.2) is 12.1 Å². The summed E-state index contributed by atoms with van der Waals surface area (Å²) in [5, 5.41) is 5.54. The van der Waals surface area contributed by atoms with E-state index in [1.807, 2.05) is 60.7 Å². The molecule has 0 amide bonds. The van der Waals surface area contributed by atoms with Gasteiger partial charge in [0.15, 0.2) is 0 Å². The van der Waals surface area contributed by atoms with Crippen molar-refractivity contribution in [2.45, 2.75) is 0 Å². The number of methoxy groups -OCH3 is 1. The Morgan fingerprint density at radius 3 is 2.00 bits per heavy atom. The number of rotatable bonds is 5. The van der Waals surface area contributed by atoms with Gasteiger partial charge in [-0.05, 0) is 24.3 Å². The molecule has 0 spiro atoms. The van der Waals surface area contributed by atoms with Crippen LogP contribution in [0.3, 0.4) is 0 Å². The molecule has 3 nitrogen and oxygen atoms in total. The van der Waals surface area contributed by atoms with Gasteiger partial charge in [-0.1, -0.05) is 72.0 Å². The summed E-state index contributed by atoms with van der Waals surface area (Å²) in [7, 11) is 1.67. The molecule has 128 valence electrons. The van der Waals surface area contributed by atoms with Crippen LogP contribution < -0.4 is 10.1 Å². The number of hydrogen-bond acceptors (Lipinski definition) is 4. The zero-order chi connectivity index (χ0) is 17.8. The van der Waals surface area contributed by atoms with Crippen molar-refractivity contribution in [1.29, 1.82) is 0 Å². The van der Waals surface area contributed by atoms with Gasteiger partial charge in [-0.15, -0.1) is 0 Å². The van der Waals surface area contributed by atoms with Crippen molar-refractivity contribution >= 4 is 22.0 Å². The molecule has 1 N–H and O–H groups in total. The molecule has 0 saturated carbocycles. The molecule has 0 aliphatic carbocycles. The lowest BCUT2D eigenvalue weighted by atomic mass is 10.1. The molecule has 0 saturated heterocycles. The number of nitrogens with one attached hydrogen (secondary N) is 1. The number of thiazole rings is 1.